The molecule has 2 aromatic rings. The third-order valence-corrected chi connectivity index (χ3v) is 2.85. The third kappa shape index (κ3) is 1.99. The maximum Gasteiger partial charge on any atom is 0.329 e. The van der Waals surface area contributed by atoms with E-state index in [0.29, 0.717) is 6.54 Å². The zero-order chi connectivity index (χ0) is 12.4. The first-order chi connectivity index (χ1) is 8.19. The first kappa shape index (κ1) is 11.9. The molecule has 92 valence electrons. The van der Waals surface area contributed by atoms with Crippen LogP contribution in [0.5, 0.6) is 0 Å². The number of aromatic nitrogens is 2. The van der Waals surface area contributed by atoms with E-state index in [-0.39, 0.29) is 18.8 Å². The van der Waals surface area contributed by atoms with Gasteiger partial charge in [-0.2, -0.15) is 0 Å². The number of imidazole rings is 1. The monoisotopic (exact) mass is 236 g/mol. The van der Waals surface area contributed by atoms with Gasteiger partial charge in [0.2, 0.25) is 0 Å². The molecule has 0 bridgehead atoms. The molecule has 0 spiro atoms. The van der Waals surface area contributed by atoms with Crippen LogP contribution in [0.4, 0.5) is 0 Å². The molecule has 1 unspecified atom stereocenters. The largest absolute Gasteiger partial charge is 0.394 e. The molecule has 0 aliphatic heterocycles. The Kier molecular flexibility index (Phi) is 3.31. The van der Waals surface area contributed by atoms with Crippen LogP contribution < -0.4 is 5.69 Å². The molecule has 1 aromatic carbocycles. The molecule has 1 heterocycles. The van der Waals surface area contributed by atoms with Crippen molar-refractivity contribution in [2.75, 3.05) is 6.61 Å². The number of benzene rings is 1. The molecule has 2 N–H and O–H groups in total. The van der Waals surface area contributed by atoms with Gasteiger partial charge < -0.3 is 10.2 Å². The lowest BCUT2D eigenvalue weighted by atomic mass is 10.3. The minimum atomic E-state index is -0.913. The van der Waals surface area contributed by atoms with Gasteiger partial charge in [-0.1, -0.05) is 12.1 Å². The number of hydrogen-bond acceptors (Lipinski definition) is 3. The van der Waals surface area contributed by atoms with Gasteiger partial charge in [0.15, 0.2) is 0 Å². The number of aryl methyl sites for hydroxylation is 1. The third-order valence-electron chi connectivity index (χ3n) is 2.85. The van der Waals surface area contributed by atoms with E-state index in [4.69, 9.17) is 5.11 Å². The van der Waals surface area contributed by atoms with Gasteiger partial charge in [0.1, 0.15) is 0 Å². The minimum Gasteiger partial charge on any atom is -0.394 e. The van der Waals surface area contributed by atoms with Crippen molar-refractivity contribution in [2.24, 2.45) is 0 Å². The smallest absolute Gasteiger partial charge is 0.329 e. The second kappa shape index (κ2) is 4.73. The van der Waals surface area contributed by atoms with Gasteiger partial charge in [0.05, 0.1) is 30.3 Å². The Bertz CT molecular complexity index is 571. The highest BCUT2D eigenvalue weighted by atomic mass is 16.3. The second-order valence-electron chi connectivity index (χ2n) is 3.96. The summed E-state index contributed by atoms with van der Waals surface area (Å²) in [6, 6.07) is 7.44. The fourth-order valence-electron chi connectivity index (χ4n) is 2.02. The van der Waals surface area contributed by atoms with E-state index >= 15 is 0 Å². The molecular weight excluding hydrogens is 220 g/mol. The molecule has 1 aromatic heterocycles. The SMILES string of the molecule is CCn1c(=O)n(CC(O)CO)c2ccccc21. The van der Waals surface area contributed by atoms with Gasteiger partial charge in [-0.3, -0.25) is 9.13 Å². The Balaban J connectivity index is 2.62. The fraction of sp³-hybridized carbons (Fsp3) is 0.417. The summed E-state index contributed by atoms with van der Waals surface area (Å²) in [6.07, 6.45) is -0.913. The topological polar surface area (TPSA) is 67.4 Å². The molecular formula is C12H16N2O3. The van der Waals surface area contributed by atoms with E-state index in [1.54, 1.807) is 4.57 Å². The summed E-state index contributed by atoms with van der Waals surface area (Å²) in [4.78, 5) is 12.1. The molecule has 0 radical (unpaired) electrons. The first-order valence-electron chi connectivity index (χ1n) is 5.66. The summed E-state index contributed by atoms with van der Waals surface area (Å²) >= 11 is 0. The molecule has 5 nitrogen and oxygen atoms in total. The summed E-state index contributed by atoms with van der Waals surface area (Å²) in [7, 11) is 0. The van der Waals surface area contributed by atoms with Gasteiger partial charge in [0, 0.05) is 6.54 Å². The fourth-order valence-corrected chi connectivity index (χ4v) is 2.02. The lowest BCUT2D eigenvalue weighted by Crippen LogP contribution is -2.29. The molecule has 17 heavy (non-hydrogen) atoms. The average molecular weight is 236 g/mol. The van der Waals surface area contributed by atoms with Crippen molar-refractivity contribution in [3.05, 3.63) is 34.7 Å². The zero-order valence-corrected chi connectivity index (χ0v) is 9.71. The Morgan fingerprint density at radius 2 is 1.82 bits per heavy atom. The van der Waals surface area contributed by atoms with E-state index in [1.165, 1.54) is 4.57 Å². The lowest BCUT2D eigenvalue weighted by molar-refractivity contribution is 0.0812. The molecule has 0 aliphatic carbocycles. The number of nitrogens with zero attached hydrogens (tertiary/aromatic N) is 2. The zero-order valence-electron chi connectivity index (χ0n) is 9.71. The summed E-state index contributed by atoms with van der Waals surface area (Å²) in [5.74, 6) is 0. The van der Waals surface area contributed by atoms with Crippen LogP contribution in [0.15, 0.2) is 29.1 Å². The van der Waals surface area contributed by atoms with Gasteiger partial charge in [-0.05, 0) is 19.1 Å². The Morgan fingerprint density at radius 3 is 2.35 bits per heavy atom. The average Bonchev–Trinajstić information content (AvgIpc) is 2.62. The van der Waals surface area contributed by atoms with Crippen molar-refractivity contribution in [3.8, 4) is 0 Å². The quantitative estimate of drug-likeness (QED) is 0.795. The van der Waals surface area contributed by atoms with Gasteiger partial charge in [-0.15, -0.1) is 0 Å². The maximum atomic E-state index is 12.1. The van der Waals surface area contributed by atoms with E-state index < -0.39 is 6.10 Å². The summed E-state index contributed by atoms with van der Waals surface area (Å²) in [5, 5.41) is 18.3. The van der Waals surface area contributed by atoms with E-state index in [0.717, 1.165) is 11.0 Å². The van der Waals surface area contributed by atoms with Crippen molar-refractivity contribution in [1.82, 2.24) is 9.13 Å². The van der Waals surface area contributed by atoms with Crippen LogP contribution >= 0.6 is 0 Å². The van der Waals surface area contributed by atoms with Crippen LogP contribution in [0.25, 0.3) is 11.0 Å². The summed E-state index contributed by atoms with van der Waals surface area (Å²) < 4.78 is 3.15. The van der Waals surface area contributed by atoms with Crippen molar-refractivity contribution >= 4 is 11.0 Å². The Morgan fingerprint density at radius 1 is 1.24 bits per heavy atom. The minimum absolute atomic E-state index is 0.114. The van der Waals surface area contributed by atoms with Crippen molar-refractivity contribution in [2.45, 2.75) is 26.1 Å². The van der Waals surface area contributed by atoms with Crippen LogP contribution in [0.3, 0.4) is 0 Å². The van der Waals surface area contributed by atoms with Gasteiger partial charge in [-0.25, -0.2) is 4.79 Å². The molecule has 0 saturated carbocycles. The molecule has 0 fully saturated rings. The van der Waals surface area contributed by atoms with E-state index in [9.17, 15) is 9.90 Å². The van der Waals surface area contributed by atoms with Crippen LogP contribution in [-0.4, -0.2) is 32.1 Å². The van der Waals surface area contributed by atoms with Crippen LogP contribution in [0.2, 0.25) is 0 Å². The molecule has 2 rings (SSSR count). The van der Waals surface area contributed by atoms with Crippen molar-refractivity contribution in [1.29, 1.82) is 0 Å². The van der Waals surface area contributed by atoms with Gasteiger partial charge in [0.25, 0.3) is 0 Å². The van der Waals surface area contributed by atoms with Gasteiger partial charge >= 0.3 is 5.69 Å². The summed E-state index contributed by atoms with van der Waals surface area (Å²) in [5.41, 5.74) is 1.48. The standard InChI is InChI=1S/C12H16N2O3/c1-2-13-10-5-3-4-6-11(10)14(12(13)17)7-9(16)8-15/h3-6,9,15-16H,2,7-8H2,1H3. The molecule has 0 aliphatic rings. The molecule has 1 atom stereocenters. The predicted molar refractivity (Wildman–Crippen MR) is 65.0 cm³/mol. The first-order valence-corrected chi connectivity index (χ1v) is 5.66. The highest BCUT2D eigenvalue weighted by Crippen LogP contribution is 2.12. The van der Waals surface area contributed by atoms with Crippen LogP contribution in [-0.2, 0) is 13.1 Å². The number of para-hydroxylation sites is 2. The Labute approximate surface area is 98.5 Å². The highest BCUT2D eigenvalue weighted by molar-refractivity contribution is 5.75. The van der Waals surface area contributed by atoms with Crippen molar-refractivity contribution < 1.29 is 10.2 Å². The number of rotatable bonds is 4. The molecule has 0 saturated heterocycles. The molecule has 0 amide bonds. The lowest BCUT2D eigenvalue weighted by Gasteiger charge is -2.07. The number of hydrogen-bond donors (Lipinski definition) is 2. The Hall–Kier alpha value is -1.59. The normalized spacial score (nSPS) is 13.1. The van der Waals surface area contributed by atoms with E-state index in [1.807, 2.05) is 31.2 Å². The maximum absolute atomic E-state index is 12.1. The number of fused-ring (bicyclic) bond motifs is 1. The molecule has 5 heteroatoms. The van der Waals surface area contributed by atoms with Crippen LogP contribution in [0.1, 0.15) is 6.92 Å². The second-order valence-corrected chi connectivity index (χ2v) is 3.96. The number of aliphatic hydroxyl groups is 2. The van der Waals surface area contributed by atoms with E-state index in [2.05, 4.69) is 0 Å². The summed E-state index contributed by atoms with van der Waals surface area (Å²) in [6.45, 7) is 2.25. The van der Waals surface area contributed by atoms with Crippen LogP contribution in [0, 0.1) is 0 Å². The predicted octanol–water partition coefficient (Wildman–Crippen LogP) is 0.176. The highest BCUT2D eigenvalue weighted by Gasteiger charge is 2.13. The number of aliphatic hydroxyl groups excluding tert-OH is 2. The van der Waals surface area contributed by atoms with Crippen molar-refractivity contribution in [3.63, 3.8) is 0 Å².